The number of fused-ring (bicyclic) bond motifs is 1. The summed E-state index contributed by atoms with van der Waals surface area (Å²) in [7, 11) is 0. The monoisotopic (exact) mass is 595 g/mol. The van der Waals surface area contributed by atoms with Gasteiger partial charge in [-0.1, -0.05) is 96.9 Å². The van der Waals surface area contributed by atoms with Crippen LogP contribution in [0.1, 0.15) is 41.4 Å². The summed E-state index contributed by atoms with van der Waals surface area (Å²) in [4.78, 5) is 15.0. The summed E-state index contributed by atoms with van der Waals surface area (Å²) in [5.41, 5.74) is 4.75. The van der Waals surface area contributed by atoms with Crippen LogP contribution in [0, 0.1) is 0 Å². The molecule has 4 aromatic carbocycles. The van der Waals surface area contributed by atoms with Crippen LogP contribution in [0.2, 0.25) is 10.0 Å². The zero-order valence-corrected chi connectivity index (χ0v) is 25.3. The molecule has 1 atom stereocenters. The Kier molecular flexibility index (Phi) is 9.01. The Morgan fingerprint density at radius 2 is 1.29 bits per heavy atom. The first-order valence-electron chi connectivity index (χ1n) is 14.6. The molecule has 1 N–H and O–H groups in total. The highest BCUT2D eigenvalue weighted by atomic mass is 35.5. The maximum absolute atomic E-state index is 6.22. The summed E-state index contributed by atoms with van der Waals surface area (Å²) < 4.78 is 0. The number of halogens is 2. The third-order valence-corrected chi connectivity index (χ3v) is 8.61. The minimum Gasteiger partial charge on any atom is -0.369 e. The van der Waals surface area contributed by atoms with Gasteiger partial charge in [-0.3, -0.25) is 9.80 Å². The van der Waals surface area contributed by atoms with E-state index < -0.39 is 0 Å². The van der Waals surface area contributed by atoms with Gasteiger partial charge < -0.3 is 5.32 Å². The highest BCUT2D eigenvalue weighted by Gasteiger charge is 2.27. The fourth-order valence-corrected chi connectivity index (χ4v) is 6.02. The van der Waals surface area contributed by atoms with Crippen molar-refractivity contribution in [2.75, 3.05) is 38.0 Å². The van der Waals surface area contributed by atoms with Crippen molar-refractivity contribution in [3.8, 4) is 0 Å². The Balaban J connectivity index is 1.16. The second kappa shape index (κ2) is 13.2. The largest absolute Gasteiger partial charge is 0.369 e. The average Bonchev–Trinajstić information content (AvgIpc) is 3.03. The second-order valence-electron chi connectivity index (χ2n) is 11.0. The third kappa shape index (κ3) is 6.77. The number of nitrogens with one attached hydrogen (secondary N) is 1. The molecular formula is C35H35Cl2N5. The Morgan fingerprint density at radius 1 is 0.690 bits per heavy atom. The van der Waals surface area contributed by atoms with Crippen LogP contribution in [-0.2, 0) is 6.54 Å². The zero-order valence-electron chi connectivity index (χ0n) is 23.8. The number of piperazine rings is 1. The van der Waals surface area contributed by atoms with Gasteiger partial charge in [-0.05, 0) is 59.0 Å². The van der Waals surface area contributed by atoms with Gasteiger partial charge in [0.05, 0.1) is 18.1 Å². The van der Waals surface area contributed by atoms with Gasteiger partial charge in [0, 0.05) is 48.2 Å². The second-order valence-corrected chi connectivity index (χ2v) is 11.9. The van der Waals surface area contributed by atoms with Gasteiger partial charge in [0.25, 0.3) is 0 Å². The number of hydrogen-bond donors (Lipinski definition) is 1. The van der Waals surface area contributed by atoms with Gasteiger partial charge in [0.15, 0.2) is 0 Å². The van der Waals surface area contributed by atoms with Crippen molar-refractivity contribution in [1.82, 2.24) is 19.8 Å². The summed E-state index contributed by atoms with van der Waals surface area (Å²) in [6, 6.07) is 35.4. The van der Waals surface area contributed by atoms with Crippen LogP contribution in [0.4, 0.5) is 5.82 Å². The Morgan fingerprint density at radius 3 is 1.93 bits per heavy atom. The van der Waals surface area contributed by atoms with Gasteiger partial charge >= 0.3 is 0 Å². The van der Waals surface area contributed by atoms with Crippen LogP contribution in [0.3, 0.4) is 0 Å². The van der Waals surface area contributed by atoms with Gasteiger partial charge in [-0.25, -0.2) is 9.97 Å². The van der Waals surface area contributed by atoms with Crippen LogP contribution in [0.25, 0.3) is 10.9 Å². The first-order chi connectivity index (χ1) is 20.5. The molecule has 5 aromatic rings. The number of para-hydroxylation sites is 1. The lowest BCUT2D eigenvalue weighted by molar-refractivity contribution is 0.103. The molecule has 0 aliphatic carbocycles. The lowest BCUT2D eigenvalue weighted by atomic mass is 9.96. The molecule has 214 valence electrons. The Bertz CT molecular complexity index is 1560. The van der Waals surface area contributed by atoms with E-state index in [1.165, 1.54) is 16.7 Å². The van der Waals surface area contributed by atoms with Crippen molar-refractivity contribution in [2.24, 2.45) is 0 Å². The molecule has 1 aliphatic rings. The molecule has 0 saturated carbocycles. The van der Waals surface area contributed by atoms with E-state index in [9.17, 15) is 0 Å². The molecule has 1 fully saturated rings. The van der Waals surface area contributed by atoms with Gasteiger partial charge in [-0.15, -0.1) is 0 Å². The first kappa shape index (κ1) is 28.6. The predicted molar refractivity (Wildman–Crippen MR) is 174 cm³/mol. The normalized spacial score (nSPS) is 15.2. The standard InChI is InChI=1S/C35H35Cl2N5/c1-25(26-7-3-2-4-8-26)23-38-35-31-9-5-6-10-32(31)39-33(40-35)24-41-19-21-42(22-20-41)34(27-11-15-29(36)16-12-27)28-13-17-30(37)18-14-28/h2-18,25,34H,19-24H2,1H3,(H,38,39,40). The smallest absolute Gasteiger partial charge is 0.145 e. The van der Waals surface area contributed by atoms with Gasteiger partial charge in [-0.2, -0.15) is 0 Å². The van der Waals surface area contributed by atoms with Crippen LogP contribution >= 0.6 is 23.2 Å². The number of hydrogen-bond acceptors (Lipinski definition) is 5. The van der Waals surface area contributed by atoms with Crippen LogP contribution in [0.5, 0.6) is 0 Å². The predicted octanol–water partition coefficient (Wildman–Crippen LogP) is 8.06. The molecule has 7 heteroatoms. The van der Waals surface area contributed by atoms with E-state index >= 15 is 0 Å². The number of aromatic nitrogens is 2. The first-order valence-corrected chi connectivity index (χ1v) is 15.3. The van der Waals surface area contributed by atoms with E-state index in [0.717, 1.165) is 65.3 Å². The molecule has 1 unspecified atom stereocenters. The molecule has 0 spiro atoms. The topological polar surface area (TPSA) is 44.3 Å². The molecule has 2 heterocycles. The van der Waals surface area contributed by atoms with Crippen LogP contribution in [-0.4, -0.2) is 52.5 Å². The van der Waals surface area contributed by atoms with Crippen molar-refractivity contribution in [1.29, 1.82) is 0 Å². The van der Waals surface area contributed by atoms with E-state index in [-0.39, 0.29) is 6.04 Å². The summed E-state index contributed by atoms with van der Waals surface area (Å²) in [5.74, 6) is 2.12. The molecule has 1 aromatic heterocycles. The molecule has 5 nitrogen and oxygen atoms in total. The molecule has 6 rings (SSSR count). The lowest BCUT2D eigenvalue weighted by Gasteiger charge is -2.39. The van der Waals surface area contributed by atoms with Gasteiger partial charge in [0.1, 0.15) is 11.6 Å². The molecule has 1 saturated heterocycles. The molecule has 0 amide bonds. The SMILES string of the molecule is CC(CNc1nc(CN2CCN(C(c3ccc(Cl)cc3)c3ccc(Cl)cc3)CC2)nc2ccccc12)c1ccccc1. The maximum Gasteiger partial charge on any atom is 0.145 e. The summed E-state index contributed by atoms with van der Waals surface area (Å²) in [6.45, 7) is 7.50. The fourth-order valence-electron chi connectivity index (χ4n) is 5.76. The number of rotatable bonds is 9. The minimum absolute atomic E-state index is 0.140. The van der Waals surface area contributed by atoms with E-state index in [2.05, 4.69) is 88.8 Å². The van der Waals surface area contributed by atoms with Crippen molar-refractivity contribution >= 4 is 39.9 Å². The molecular weight excluding hydrogens is 561 g/mol. The fraction of sp³-hybridized carbons (Fsp3) is 0.257. The van der Waals surface area contributed by atoms with Crippen molar-refractivity contribution < 1.29 is 0 Å². The summed E-state index contributed by atoms with van der Waals surface area (Å²) in [6.07, 6.45) is 0. The summed E-state index contributed by atoms with van der Waals surface area (Å²) in [5, 5.41) is 6.18. The molecule has 1 aliphatic heterocycles. The lowest BCUT2D eigenvalue weighted by Crippen LogP contribution is -2.47. The number of anilines is 1. The van der Waals surface area contributed by atoms with Crippen molar-refractivity contribution in [2.45, 2.75) is 25.4 Å². The molecule has 0 radical (unpaired) electrons. The highest BCUT2D eigenvalue weighted by molar-refractivity contribution is 6.30. The summed E-state index contributed by atoms with van der Waals surface area (Å²) >= 11 is 12.4. The van der Waals surface area contributed by atoms with E-state index in [1.54, 1.807) is 0 Å². The van der Waals surface area contributed by atoms with Crippen molar-refractivity contribution in [3.63, 3.8) is 0 Å². The number of benzene rings is 4. The van der Waals surface area contributed by atoms with Crippen LogP contribution in [0.15, 0.2) is 103 Å². The maximum atomic E-state index is 6.22. The molecule has 0 bridgehead atoms. The van der Waals surface area contributed by atoms with E-state index in [4.69, 9.17) is 33.2 Å². The number of nitrogens with zero attached hydrogens (tertiary/aromatic N) is 4. The highest BCUT2D eigenvalue weighted by Crippen LogP contribution is 2.31. The molecule has 42 heavy (non-hydrogen) atoms. The Labute approximate surface area is 258 Å². The Hall–Kier alpha value is -3.48. The zero-order chi connectivity index (χ0) is 28.9. The van der Waals surface area contributed by atoms with E-state index in [1.807, 2.05) is 36.4 Å². The quantitative estimate of drug-likeness (QED) is 0.187. The minimum atomic E-state index is 0.140. The van der Waals surface area contributed by atoms with Crippen molar-refractivity contribution in [3.05, 3.63) is 136 Å². The average molecular weight is 597 g/mol. The van der Waals surface area contributed by atoms with Crippen LogP contribution < -0.4 is 5.32 Å². The van der Waals surface area contributed by atoms with Gasteiger partial charge in [0.2, 0.25) is 0 Å². The third-order valence-electron chi connectivity index (χ3n) is 8.10. The van der Waals surface area contributed by atoms with E-state index in [0.29, 0.717) is 12.5 Å².